The lowest BCUT2D eigenvalue weighted by molar-refractivity contribution is -0.119. The number of hydrogen-bond acceptors (Lipinski definition) is 4. The minimum absolute atomic E-state index is 0.0407. The van der Waals surface area contributed by atoms with Crippen molar-refractivity contribution in [1.29, 1.82) is 0 Å². The van der Waals surface area contributed by atoms with Crippen molar-refractivity contribution in [3.63, 3.8) is 0 Å². The highest BCUT2D eigenvalue weighted by Crippen LogP contribution is 2.20. The van der Waals surface area contributed by atoms with Crippen LogP contribution < -0.4 is 10.5 Å². The van der Waals surface area contributed by atoms with Crippen LogP contribution in [0.5, 0.6) is 5.75 Å². The molecule has 0 unspecified atom stereocenters. The second kappa shape index (κ2) is 9.19. The predicted octanol–water partition coefficient (Wildman–Crippen LogP) is 2.37. The summed E-state index contributed by atoms with van der Waals surface area (Å²) in [5, 5.41) is 0. The van der Waals surface area contributed by atoms with Gasteiger partial charge in [-0.3, -0.25) is 9.59 Å². The summed E-state index contributed by atoms with van der Waals surface area (Å²) in [6.07, 6.45) is 1.80. The molecule has 3 rings (SSSR count). The van der Waals surface area contributed by atoms with Crippen molar-refractivity contribution in [2.24, 2.45) is 5.73 Å². The molecule has 1 fully saturated rings. The number of ether oxygens (including phenoxy) is 2. The van der Waals surface area contributed by atoms with Crippen LogP contribution in [-0.4, -0.2) is 42.5 Å². The average Bonchev–Trinajstić information content (AvgIpc) is 2.71. The molecule has 1 heterocycles. The number of nitrogens with zero attached hydrogens (tertiary/aromatic N) is 1. The first-order valence-electron chi connectivity index (χ1n) is 9.08. The predicted molar refractivity (Wildman–Crippen MR) is 101 cm³/mol. The van der Waals surface area contributed by atoms with E-state index < -0.39 is 5.91 Å². The molecule has 0 spiro atoms. The molecule has 1 saturated heterocycles. The zero-order valence-electron chi connectivity index (χ0n) is 15.2. The lowest BCUT2D eigenvalue weighted by Crippen LogP contribution is -2.40. The van der Waals surface area contributed by atoms with E-state index >= 15 is 0 Å². The highest BCUT2D eigenvalue weighted by Gasteiger charge is 2.24. The van der Waals surface area contributed by atoms with Gasteiger partial charge in [-0.05, 0) is 36.6 Å². The summed E-state index contributed by atoms with van der Waals surface area (Å²) in [4.78, 5) is 25.4. The number of primary amides is 1. The van der Waals surface area contributed by atoms with Gasteiger partial charge in [-0.2, -0.15) is 0 Å². The van der Waals surface area contributed by atoms with Crippen LogP contribution in [-0.2, 0) is 16.1 Å². The maximum atomic E-state index is 12.7. The summed E-state index contributed by atoms with van der Waals surface area (Å²) in [5.41, 5.74) is 6.78. The maximum Gasteiger partial charge on any atom is 0.255 e. The first-order chi connectivity index (χ1) is 13.1. The normalized spacial score (nSPS) is 14.7. The van der Waals surface area contributed by atoms with Crippen molar-refractivity contribution < 1.29 is 19.1 Å². The van der Waals surface area contributed by atoms with Gasteiger partial charge in [0.2, 0.25) is 0 Å². The number of likely N-dealkylation sites (tertiary alicyclic amines) is 1. The molecule has 2 N–H and O–H groups in total. The van der Waals surface area contributed by atoms with E-state index in [9.17, 15) is 9.59 Å². The third-order valence-electron chi connectivity index (χ3n) is 4.52. The molecule has 0 aromatic heterocycles. The van der Waals surface area contributed by atoms with E-state index in [1.54, 1.807) is 24.3 Å². The van der Waals surface area contributed by atoms with Crippen LogP contribution >= 0.6 is 0 Å². The molecular weight excluding hydrogens is 344 g/mol. The molecule has 27 heavy (non-hydrogen) atoms. The minimum atomic E-state index is -0.552. The zero-order valence-corrected chi connectivity index (χ0v) is 15.2. The van der Waals surface area contributed by atoms with Gasteiger partial charge >= 0.3 is 0 Å². The Bertz CT molecular complexity index is 771. The Labute approximate surface area is 158 Å². The fourth-order valence-electron chi connectivity index (χ4n) is 3.07. The topological polar surface area (TPSA) is 81.9 Å². The minimum Gasteiger partial charge on any atom is -0.484 e. The fourth-order valence-corrected chi connectivity index (χ4v) is 3.07. The summed E-state index contributed by atoms with van der Waals surface area (Å²) >= 11 is 0. The van der Waals surface area contributed by atoms with Gasteiger partial charge in [-0.1, -0.05) is 36.4 Å². The summed E-state index contributed by atoms with van der Waals surface area (Å²) in [5.74, 6) is -0.133. The summed E-state index contributed by atoms with van der Waals surface area (Å²) in [6, 6.07) is 16.9. The summed E-state index contributed by atoms with van der Waals surface area (Å²) in [7, 11) is 0. The third-order valence-corrected chi connectivity index (χ3v) is 4.52. The lowest BCUT2D eigenvalue weighted by Gasteiger charge is -2.32. The van der Waals surface area contributed by atoms with Crippen LogP contribution in [0.15, 0.2) is 54.6 Å². The standard InChI is InChI=1S/C21H24N2O4/c22-20(24)15-27-19-8-4-7-17(13-19)21(25)23-11-9-18(10-12-23)26-14-16-5-2-1-3-6-16/h1-8,13,18H,9-12,14-15H2,(H2,22,24). The molecule has 6 heteroatoms. The van der Waals surface area contributed by atoms with Gasteiger partial charge in [0, 0.05) is 18.7 Å². The van der Waals surface area contributed by atoms with Crippen molar-refractivity contribution in [3.8, 4) is 5.75 Å². The second-order valence-corrected chi connectivity index (χ2v) is 6.57. The first kappa shape index (κ1) is 18.9. The SMILES string of the molecule is NC(=O)COc1cccc(C(=O)N2CCC(OCc3ccccc3)CC2)c1. The number of carbonyl (C=O) groups is 2. The van der Waals surface area contributed by atoms with Crippen molar-refractivity contribution in [2.75, 3.05) is 19.7 Å². The average molecular weight is 368 g/mol. The quantitative estimate of drug-likeness (QED) is 0.813. The molecule has 2 aromatic rings. The molecule has 1 aliphatic rings. The van der Waals surface area contributed by atoms with E-state index in [4.69, 9.17) is 15.2 Å². The molecule has 0 radical (unpaired) electrons. The summed E-state index contributed by atoms with van der Waals surface area (Å²) < 4.78 is 11.2. The number of benzene rings is 2. The van der Waals surface area contributed by atoms with Crippen molar-refractivity contribution in [2.45, 2.75) is 25.6 Å². The van der Waals surface area contributed by atoms with Crippen LogP contribution in [0.2, 0.25) is 0 Å². The fraction of sp³-hybridized carbons (Fsp3) is 0.333. The van der Waals surface area contributed by atoms with Gasteiger partial charge in [0.15, 0.2) is 6.61 Å². The molecule has 6 nitrogen and oxygen atoms in total. The Balaban J connectivity index is 1.49. The van der Waals surface area contributed by atoms with Crippen LogP contribution in [0.4, 0.5) is 0 Å². The molecule has 1 aliphatic heterocycles. The third kappa shape index (κ3) is 5.56. The van der Waals surface area contributed by atoms with Crippen molar-refractivity contribution >= 4 is 11.8 Å². The van der Waals surface area contributed by atoms with Crippen LogP contribution in [0.1, 0.15) is 28.8 Å². The van der Waals surface area contributed by atoms with Crippen molar-refractivity contribution in [1.82, 2.24) is 4.90 Å². The first-order valence-corrected chi connectivity index (χ1v) is 9.08. The summed E-state index contributed by atoms with van der Waals surface area (Å²) in [6.45, 7) is 1.70. The van der Waals surface area contributed by atoms with Gasteiger partial charge in [-0.15, -0.1) is 0 Å². The number of nitrogens with two attached hydrogens (primary N) is 1. The van der Waals surface area contributed by atoms with Gasteiger partial charge in [-0.25, -0.2) is 0 Å². The van der Waals surface area contributed by atoms with E-state index in [2.05, 4.69) is 0 Å². The number of piperidine rings is 1. The van der Waals surface area contributed by atoms with E-state index in [1.807, 2.05) is 35.2 Å². The van der Waals surface area contributed by atoms with Crippen molar-refractivity contribution in [3.05, 3.63) is 65.7 Å². The highest BCUT2D eigenvalue weighted by atomic mass is 16.5. The maximum absolute atomic E-state index is 12.7. The van der Waals surface area contributed by atoms with Gasteiger partial charge in [0.05, 0.1) is 12.7 Å². The van der Waals surface area contributed by atoms with Gasteiger partial charge < -0.3 is 20.1 Å². The van der Waals surface area contributed by atoms with Gasteiger partial charge in [0.25, 0.3) is 11.8 Å². The van der Waals surface area contributed by atoms with Crippen LogP contribution in [0.25, 0.3) is 0 Å². The van der Waals surface area contributed by atoms with E-state index in [1.165, 1.54) is 0 Å². The number of amides is 2. The second-order valence-electron chi connectivity index (χ2n) is 6.57. The highest BCUT2D eigenvalue weighted by molar-refractivity contribution is 5.94. The Hall–Kier alpha value is -2.86. The monoisotopic (exact) mass is 368 g/mol. The molecule has 0 atom stereocenters. The molecule has 0 saturated carbocycles. The van der Waals surface area contributed by atoms with Crippen LogP contribution in [0, 0.1) is 0 Å². The smallest absolute Gasteiger partial charge is 0.255 e. The molecule has 2 amide bonds. The Morgan fingerprint density at radius 1 is 1.04 bits per heavy atom. The number of rotatable bonds is 7. The number of carbonyl (C=O) groups excluding carboxylic acids is 2. The molecule has 0 aliphatic carbocycles. The molecular formula is C21H24N2O4. The largest absolute Gasteiger partial charge is 0.484 e. The molecule has 2 aromatic carbocycles. The molecule has 0 bridgehead atoms. The Morgan fingerprint density at radius 2 is 1.78 bits per heavy atom. The molecule has 142 valence electrons. The number of hydrogen-bond donors (Lipinski definition) is 1. The van der Waals surface area contributed by atoms with E-state index in [0.717, 1.165) is 18.4 Å². The Kier molecular flexibility index (Phi) is 6.44. The van der Waals surface area contributed by atoms with E-state index in [-0.39, 0.29) is 18.6 Å². The van der Waals surface area contributed by atoms with Gasteiger partial charge in [0.1, 0.15) is 5.75 Å². The zero-order chi connectivity index (χ0) is 19.1. The Morgan fingerprint density at radius 3 is 2.48 bits per heavy atom. The van der Waals surface area contributed by atoms with E-state index in [0.29, 0.717) is 31.0 Å². The lowest BCUT2D eigenvalue weighted by atomic mass is 10.1. The van der Waals surface area contributed by atoms with Crippen LogP contribution in [0.3, 0.4) is 0 Å².